The number of rotatable bonds is 9. The van der Waals surface area contributed by atoms with Crippen molar-refractivity contribution in [1.82, 2.24) is 0 Å². The van der Waals surface area contributed by atoms with Crippen LogP contribution in [-0.4, -0.2) is 28.9 Å². The quantitative estimate of drug-likeness (QED) is 0.515. The van der Waals surface area contributed by atoms with Gasteiger partial charge in [-0.25, -0.2) is 4.79 Å². The Bertz CT molecular complexity index is 865. The van der Waals surface area contributed by atoms with Gasteiger partial charge in [-0.05, 0) is 48.6 Å². The minimum Gasteiger partial charge on any atom is -0.480 e. The number of carbonyl (C=O) groups excluding carboxylic acids is 2. The number of anilines is 2. The highest BCUT2D eigenvalue weighted by Crippen LogP contribution is 2.16. The second kappa shape index (κ2) is 10.4. The molecule has 0 saturated heterocycles. The molecule has 0 aliphatic rings. The number of urea groups is 1. The Morgan fingerprint density at radius 3 is 2.31 bits per heavy atom. The van der Waals surface area contributed by atoms with E-state index >= 15 is 0 Å². The number of carboxylic acid groups (broad SMARTS) is 1. The average Bonchev–Trinajstić information content (AvgIpc) is 2.65. The fraction of sp³-hybridized carbons (Fsp3) is 0.318. The first-order valence-corrected chi connectivity index (χ1v) is 9.47. The third-order valence-corrected chi connectivity index (χ3v) is 4.56. The number of aryl methyl sites for hydroxylation is 1. The second-order valence-electron chi connectivity index (χ2n) is 7.30. The summed E-state index contributed by atoms with van der Waals surface area (Å²) in [6.45, 7) is 3.73. The summed E-state index contributed by atoms with van der Waals surface area (Å²) in [4.78, 5) is 35.1. The summed E-state index contributed by atoms with van der Waals surface area (Å²) < 4.78 is 0. The molecule has 0 bridgehead atoms. The number of para-hydroxylation sites is 1. The molecule has 2 aromatic carbocycles. The number of Topliss-reactive ketones (excluding diaryl/α,β-unsaturated/α-hetero) is 1. The molecule has 7 heteroatoms. The number of amides is 2. The molecule has 29 heavy (non-hydrogen) atoms. The van der Waals surface area contributed by atoms with Crippen LogP contribution in [0.2, 0.25) is 0 Å². The summed E-state index contributed by atoms with van der Waals surface area (Å²) in [5.74, 6) is -1.13. The van der Waals surface area contributed by atoms with E-state index < -0.39 is 12.0 Å². The monoisotopic (exact) mass is 397 g/mol. The molecule has 7 nitrogen and oxygen atoms in total. The summed E-state index contributed by atoms with van der Waals surface area (Å²) >= 11 is 0. The number of carboxylic acids is 1. The molecule has 2 aromatic rings. The van der Waals surface area contributed by atoms with Gasteiger partial charge in [0, 0.05) is 24.2 Å². The molecule has 0 aromatic heterocycles. The van der Waals surface area contributed by atoms with Crippen molar-refractivity contribution in [2.45, 2.75) is 39.2 Å². The number of aliphatic carboxylic acids is 1. The Labute approximate surface area is 170 Å². The van der Waals surface area contributed by atoms with Gasteiger partial charge in [0.1, 0.15) is 11.8 Å². The first-order valence-electron chi connectivity index (χ1n) is 9.47. The Morgan fingerprint density at radius 2 is 1.69 bits per heavy atom. The summed E-state index contributed by atoms with van der Waals surface area (Å²) in [5, 5.41) is 14.4. The summed E-state index contributed by atoms with van der Waals surface area (Å²) in [5.41, 5.74) is 8.66. The lowest BCUT2D eigenvalue weighted by molar-refractivity contribution is -0.139. The maximum atomic E-state index is 12.2. The van der Waals surface area contributed by atoms with E-state index in [2.05, 4.69) is 10.6 Å². The molecule has 0 spiro atoms. The molecule has 0 aliphatic heterocycles. The predicted molar refractivity (Wildman–Crippen MR) is 113 cm³/mol. The van der Waals surface area contributed by atoms with Crippen LogP contribution in [0, 0.1) is 12.8 Å². The maximum absolute atomic E-state index is 12.2. The lowest BCUT2D eigenvalue weighted by Crippen LogP contribution is -2.32. The number of hydrogen-bond acceptors (Lipinski definition) is 4. The molecule has 0 fully saturated rings. The minimum atomic E-state index is -1.06. The molecule has 2 amide bonds. The Hall–Kier alpha value is -3.19. The van der Waals surface area contributed by atoms with Crippen LogP contribution in [0.4, 0.5) is 16.2 Å². The zero-order chi connectivity index (χ0) is 21.4. The van der Waals surface area contributed by atoms with Crippen LogP contribution in [0.3, 0.4) is 0 Å². The van der Waals surface area contributed by atoms with Gasteiger partial charge in [0.25, 0.3) is 0 Å². The van der Waals surface area contributed by atoms with E-state index in [0.717, 1.165) is 16.8 Å². The van der Waals surface area contributed by atoms with Gasteiger partial charge >= 0.3 is 12.0 Å². The van der Waals surface area contributed by atoms with Crippen molar-refractivity contribution < 1.29 is 19.5 Å². The first kappa shape index (κ1) is 22.1. The largest absolute Gasteiger partial charge is 0.480 e. The van der Waals surface area contributed by atoms with Crippen LogP contribution in [0.15, 0.2) is 48.5 Å². The van der Waals surface area contributed by atoms with Crippen molar-refractivity contribution in [3.63, 3.8) is 0 Å². The molecule has 1 unspecified atom stereocenters. The number of benzene rings is 2. The SMILES string of the molecule is Cc1ccccc1NC(=O)Nc1ccc(CC(=O)CC(C)C[C@H](N)C(=O)O)cc1. The zero-order valence-corrected chi connectivity index (χ0v) is 16.6. The third-order valence-electron chi connectivity index (χ3n) is 4.56. The summed E-state index contributed by atoms with van der Waals surface area (Å²) in [6.07, 6.45) is 0.794. The van der Waals surface area contributed by atoms with Gasteiger partial charge in [-0.15, -0.1) is 0 Å². The van der Waals surface area contributed by atoms with Crippen LogP contribution in [0.25, 0.3) is 0 Å². The van der Waals surface area contributed by atoms with Gasteiger partial charge in [-0.1, -0.05) is 37.3 Å². The van der Waals surface area contributed by atoms with Gasteiger partial charge in [0.2, 0.25) is 0 Å². The van der Waals surface area contributed by atoms with Crippen LogP contribution in [0.1, 0.15) is 30.9 Å². The molecule has 2 rings (SSSR count). The van der Waals surface area contributed by atoms with Crippen LogP contribution in [-0.2, 0) is 16.0 Å². The minimum absolute atomic E-state index is 0.0214. The normalized spacial score (nSPS) is 12.7. The third kappa shape index (κ3) is 7.38. The van der Waals surface area contributed by atoms with Crippen molar-refractivity contribution in [3.8, 4) is 0 Å². The predicted octanol–water partition coefficient (Wildman–Crippen LogP) is 3.58. The lowest BCUT2D eigenvalue weighted by Gasteiger charge is -2.13. The van der Waals surface area contributed by atoms with Gasteiger partial charge in [-0.2, -0.15) is 0 Å². The highest BCUT2D eigenvalue weighted by Gasteiger charge is 2.18. The van der Waals surface area contributed by atoms with Crippen LogP contribution < -0.4 is 16.4 Å². The van der Waals surface area contributed by atoms with Gasteiger partial charge in [-0.3, -0.25) is 9.59 Å². The first-order chi connectivity index (χ1) is 13.7. The molecule has 0 aliphatic carbocycles. The molecule has 5 N–H and O–H groups in total. The molecule has 0 radical (unpaired) electrons. The zero-order valence-electron chi connectivity index (χ0n) is 16.6. The van der Waals surface area contributed by atoms with Crippen molar-refractivity contribution in [2.24, 2.45) is 11.7 Å². The molecule has 0 heterocycles. The number of nitrogens with one attached hydrogen (secondary N) is 2. The van der Waals surface area contributed by atoms with Gasteiger partial charge < -0.3 is 21.5 Å². The van der Waals surface area contributed by atoms with E-state index in [1.54, 1.807) is 24.3 Å². The highest BCUT2D eigenvalue weighted by atomic mass is 16.4. The molecule has 2 atom stereocenters. The number of carbonyl (C=O) groups is 3. The fourth-order valence-corrected chi connectivity index (χ4v) is 3.01. The number of ketones is 1. The van der Waals surface area contributed by atoms with Crippen molar-refractivity contribution >= 4 is 29.2 Å². The molecule has 154 valence electrons. The molecular weight excluding hydrogens is 370 g/mol. The van der Waals surface area contributed by atoms with E-state index in [-0.39, 0.29) is 37.0 Å². The summed E-state index contributed by atoms with van der Waals surface area (Å²) in [7, 11) is 0. The molecule has 0 saturated carbocycles. The van der Waals surface area contributed by atoms with E-state index in [0.29, 0.717) is 5.69 Å². The topological polar surface area (TPSA) is 122 Å². The van der Waals surface area contributed by atoms with Crippen molar-refractivity contribution in [1.29, 1.82) is 0 Å². The molecular formula is C22H27N3O4. The smallest absolute Gasteiger partial charge is 0.323 e. The highest BCUT2D eigenvalue weighted by molar-refractivity contribution is 6.00. The van der Waals surface area contributed by atoms with Crippen molar-refractivity contribution in [3.05, 3.63) is 59.7 Å². The lowest BCUT2D eigenvalue weighted by atomic mass is 9.94. The second-order valence-corrected chi connectivity index (χ2v) is 7.30. The maximum Gasteiger partial charge on any atom is 0.323 e. The van der Waals surface area contributed by atoms with Crippen LogP contribution >= 0.6 is 0 Å². The van der Waals surface area contributed by atoms with Crippen LogP contribution in [0.5, 0.6) is 0 Å². The number of hydrogen-bond donors (Lipinski definition) is 4. The standard InChI is InChI=1S/C22H27N3O4/c1-14(12-19(23)21(27)28)11-18(26)13-16-7-9-17(10-8-16)24-22(29)25-20-6-4-3-5-15(20)2/h3-10,14,19H,11-13,23H2,1-2H3,(H,27,28)(H2,24,25,29)/t14?,19-/m0/s1. The van der Waals surface area contributed by atoms with E-state index in [4.69, 9.17) is 10.8 Å². The Morgan fingerprint density at radius 1 is 1.03 bits per heavy atom. The Balaban J connectivity index is 1.83. The van der Waals surface area contributed by atoms with Crippen molar-refractivity contribution in [2.75, 3.05) is 10.6 Å². The van der Waals surface area contributed by atoms with E-state index in [1.807, 2.05) is 38.1 Å². The average molecular weight is 397 g/mol. The van der Waals surface area contributed by atoms with E-state index in [9.17, 15) is 14.4 Å². The Kier molecular flexibility index (Phi) is 7.91. The summed E-state index contributed by atoms with van der Waals surface area (Å²) in [6, 6.07) is 13.3. The number of nitrogens with two attached hydrogens (primary N) is 1. The fourth-order valence-electron chi connectivity index (χ4n) is 3.01. The van der Waals surface area contributed by atoms with Gasteiger partial charge in [0.05, 0.1) is 0 Å². The van der Waals surface area contributed by atoms with E-state index in [1.165, 1.54) is 0 Å². The van der Waals surface area contributed by atoms with Gasteiger partial charge in [0.15, 0.2) is 0 Å².